The number of anilines is 2. The van der Waals surface area contributed by atoms with E-state index in [2.05, 4.69) is 29.6 Å². The minimum absolute atomic E-state index is 0.331. The molecule has 19 heavy (non-hydrogen) atoms. The summed E-state index contributed by atoms with van der Waals surface area (Å²) in [5.74, 6) is 6.46. The van der Waals surface area contributed by atoms with Crippen LogP contribution in [0.3, 0.4) is 0 Å². The molecule has 1 unspecified atom stereocenters. The first-order valence-corrected chi connectivity index (χ1v) is 6.79. The number of aliphatic hydroxyl groups is 1. The molecule has 1 rings (SSSR count). The first kappa shape index (κ1) is 16.3. The van der Waals surface area contributed by atoms with E-state index < -0.39 is 5.60 Å². The lowest BCUT2D eigenvalue weighted by Gasteiger charge is -2.26. The maximum Gasteiger partial charge on any atom is 0.161 e. The van der Waals surface area contributed by atoms with Crippen LogP contribution in [0.15, 0.2) is 6.07 Å². The quantitative estimate of drug-likeness (QED) is 0.480. The average Bonchev–Trinajstić information content (AvgIpc) is 2.26. The van der Waals surface area contributed by atoms with Crippen molar-refractivity contribution < 1.29 is 5.11 Å². The predicted octanol–water partition coefficient (Wildman–Crippen LogP) is 2.88. The van der Waals surface area contributed by atoms with Gasteiger partial charge in [0.15, 0.2) is 5.82 Å². The minimum atomic E-state index is -0.838. The van der Waals surface area contributed by atoms with E-state index in [-0.39, 0.29) is 0 Å². The molecule has 1 atom stereocenters. The van der Waals surface area contributed by atoms with Crippen molar-refractivity contribution in [1.82, 2.24) is 4.98 Å². The normalized spacial score (nSPS) is 14.3. The van der Waals surface area contributed by atoms with Crippen molar-refractivity contribution in [3.63, 3.8) is 0 Å². The molecule has 108 valence electrons. The summed E-state index contributed by atoms with van der Waals surface area (Å²) in [7, 11) is 0. The van der Waals surface area contributed by atoms with Gasteiger partial charge in [-0.25, -0.2) is 10.8 Å². The van der Waals surface area contributed by atoms with E-state index >= 15 is 0 Å². The van der Waals surface area contributed by atoms with Crippen LogP contribution in [0.4, 0.5) is 11.6 Å². The van der Waals surface area contributed by atoms with Gasteiger partial charge in [0.25, 0.3) is 0 Å². The van der Waals surface area contributed by atoms with Crippen LogP contribution in [-0.4, -0.2) is 22.2 Å². The second kappa shape index (κ2) is 6.61. The number of hydrogen-bond acceptors (Lipinski definition) is 5. The molecule has 0 spiro atoms. The molecule has 1 heterocycles. The maximum absolute atomic E-state index is 10.2. The van der Waals surface area contributed by atoms with Gasteiger partial charge in [-0.15, -0.1) is 0 Å². The number of nitrogens with zero attached hydrogens (tertiary/aromatic N) is 1. The van der Waals surface area contributed by atoms with Gasteiger partial charge < -0.3 is 15.8 Å². The number of nitrogens with one attached hydrogen (secondary N) is 2. The lowest BCUT2D eigenvalue weighted by molar-refractivity contribution is 0.0515. The van der Waals surface area contributed by atoms with Crippen molar-refractivity contribution in [2.75, 3.05) is 17.3 Å². The van der Waals surface area contributed by atoms with E-state index in [9.17, 15) is 5.11 Å². The van der Waals surface area contributed by atoms with Crippen LogP contribution >= 0.6 is 23.2 Å². The Labute approximate surface area is 123 Å². The zero-order valence-corrected chi connectivity index (χ0v) is 12.8. The highest BCUT2D eigenvalue weighted by atomic mass is 35.5. The van der Waals surface area contributed by atoms with Crippen LogP contribution in [0.25, 0.3) is 0 Å². The van der Waals surface area contributed by atoms with Gasteiger partial charge in [0.2, 0.25) is 0 Å². The van der Waals surface area contributed by atoms with E-state index in [0.717, 1.165) is 0 Å². The Morgan fingerprint density at radius 3 is 2.47 bits per heavy atom. The highest BCUT2D eigenvalue weighted by Gasteiger charge is 2.22. The summed E-state index contributed by atoms with van der Waals surface area (Å²) in [5.41, 5.74) is 1.55. The van der Waals surface area contributed by atoms with Crippen molar-refractivity contribution in [2.24, 2.45) is 11.8 Å². The predicted molar refractivity (Wildman–Crippen MR) is 80.6 cm³/mol. The van der Waals surface area contributed by atoms with Crippen LogP contribution < -0.4 is 16.6 Å². The van der Waals surface area contributed by atoms with Crippen LogP contribution in [0, 0.1) is 5.92 Å². The summed E-state index contributed by atoms with van der Waals surface area (Å²) >= 11 is 11.9. The second-order valence-corrected chi connectivity index (χ2v) is 6.06. The topological polar surface area (TPSA) is 83.2 Å². The molecule has 0 fully saturated rings. The Hall–Kier alpha value is -0.750. The van der Waals surface area contributed by atoms with Gasteiger partial charge in [-0.3, -0.25) is 0 Å². The van der Waals surface area contributed by atoms with Crippen LogP contribution in [0.2, 0.25) is 10.0 Å². The second-order valence-electron chi connectivity index (χ2n) is 5.24. The van der Waals surface area contributed by atoms with Crippen molar-refractivity contribution in [2.45, 2.75) is 32.8 Å². The summed E-state index contributed by atoms with van der Waals surface area (Å²) in [6.07, 6.45) is 0.674. The van der Waals surface area contributed by atoms with E-state index in [1.54, 1.807) is 13.0 Å². The SMILES string of the molecule is CC(C)CC(C)(O)CNc1nc(NN)c(Cl)cc1Cl. The van der Waals surface area contributed by atoms with Crippen molar-refractivity contribution in [3.05, 3.63) is 16.1 Å². The molecule has 7 heteroatoms. The van der Waals surface area contributed by atoms with Gasteiger partial charge in [-0.1, -0.05) is 37.0 Å². The molecule has 0 saturated heterocycles. The monoisotopic (exact) mass is 306 g/mol. The third-order valence-corrected chi connectivity index (χ3v) is 3.13. The average molecular weight is 307 g/mol. The van der Waals surface area contributed by atoms with Crippen LogP contribution in [0.1, 0.15) is 27.2 Å². The Bertz CT molecular complexity index is 438. The molecule has 5 nitrogen and oxygen atoms in total. The number of aromatic nitrogens is 1. The number of hydrogen-bond donors (Lipinski definition) is 4. The van der Waals surface area contributed by atoms with Gasteiger partial charge in [0.05, 0.1) is 15.6 Å². The number of rotatable bonds is 6. The van der Waals surface area contributed by atoms with Gasteiger partial charge in [-0.2, -0.15) is 0 Å². The zero-order chi connectivity index (χ0) is 14.6. The Morgan fingerprint density at radius 1 is 1.37 bits per heavy atom. The zero-order valence-electron chi connectivity index (χ0n) is 11.3. The molecule has 5 N–H and O–H groups in total. The van der Waals surface area contributed by atoms with E-state index in [4.69, 9.17) is 29.0 Å². The fraction of sp³-hybridized carbons (Fsp3) is 0.583. The van der Waals surface area contributed by atoms with Crippen molar-refractivity contribution in [3.8, 4) is 0 Å². The number of halogens is 2. The van der Waals surface area contributed by atoms with E-state index in [0.29, 0.717) is 40.6 Å². The Morgan fingerprint density at radius 2 is 1.95 bits per heavy atom. The highest BCUT2D eigenvalue weighted by molar-refractivity contribution is 6.37. The molecule has 0 bridgehead atoms. The fourth-order valence-corrected chi connectivity index (χ4v) is 2.40. The van der Waals surface area contributed by atoms with Gasteiger partial charge in [0.1, 0.15) is 5.82 Å². The maximum atomic E-state index is 10.2. The number of hydrazine groups is 1. The third-order valence-electron chi connectivity index (χ3n) is 2.55. The minimum Gasteiger partial charge on any atom is -0.388 e. The molecule has 0 aliphatic carbocycles. The molecule has 0 aliphatic heterocycles. The Kier molecular flexibility index (Phi) is 5.67. The summed E-state index contributed by atoms with van der Waals surface area (Å²) < 4.78 is 0. The lowest BCUT2D eigenvalue weighted by atomic mass is 9.94. The van der Waals surface area contributed by atoms with Crippen LogP contribution in [0.5, 0.6) is 0 Å². The molecule has 0 aromatic carbocycles. The highest BCUT2D eigenvalue weighted by Crippen LogP contribution is 2.29. The largest absolute Gasteiger partial charge is 0.388 e. The van der Waals surface area contributed by atoms with Gasteiger partial charge in [0, 0.05) is 6.54 Å². The summed E-state index contributed by atoms with van der Waals surface area (Å²) in [6, 6.07) is 1.55. The molecule has 0 saturated carbocycles. The Balaban J connectivity index is 2.77. The van der Waals surface area contributed by atoms with E-state index in [1.165, 1.54) is 0 Å². The molecule has 1 aromatic heterocycles. The summed E-state index contributed by atoms with van der Waals surface area (Å²) in [5, 5.41) is 14.0. The molecular weight excluding hydrogens is 287 g/mol. The number of pyridine rings is 1. The first-order valence-electron chi connectivity index (χ1n) is 6.04. The number of nitrogens with two attached hydrogens (primary N) is 1. The first-order chi connectivity index (χ1) is 8.75. The summed E-state index contributed by atoms with van der Waals surface area (Å²) in [4.78, 5) is 4.15. The summed E-state index contributed by atoms with van der Waals surface area (Å²) in [6.45, 7) is 6.21. The third kappa shape index (κ3) is 5.03. The smallest absolute Gasteiger partial charge is 0.161 e. The van der Waals surface area contributed by atoms with Crippen molar-refractivity contribution >= 4 is 34.8 Å². The van der Waals surface area contributed by atoms with Crippen molar-refractivity contribution in [1.29, 1.82) is 0 Å². The van der Waals surface area contributed by atoms with Gasteiger partial charge in [-0.05, 0) is 25.3 Å². The van der Waals surface area contributed by atoms with E-state index in [1.807, 2.05) is 0 Å². The van der Waals surface area contributed by atoms with Gasteiger partial charge >= 0.3 is 0 Å². The fourth-order valence-electron chi connectivity index (χ4n) is 1.92. The number of nitrogen functional groups attached to an aromatic ring is 1. The standard InChI is InChI=1S/C12H20Cl2N4O/c1-7(2)5-12(3,19)6-16-10-8(13)4-9(14)11(17-10)18-15/h4,7,19H,5-6,15H2,1-3H3,(H2,16,17,18). The molecule has 0 radical (unpaired) electrons. The molecule has 1 aromatic rings. The lowest BCUT2D eigenvalue weighted by Crippen LogP contribution is -2.35. The van der Waals surface area contributed by atoms with Crippen LogP contribution in [-0.2, 0) is 0 Å². The molecule has 0 amide bonds. The molecular formula is C12H20Cl2N4O. The molecule has 0 aliphatic rings.